The molecule has 6 heteroatoms. The molecule has 0 aliphatic heterocycles. The number of rotatable bonds is 3. The lowest BCUT2D eigenvalue weighted by Gasteiger charge is -2.11. The van der Waals surface area contributed by atoms with Gasteiger partial charge < -0.3 is 4.74 Å². The predicted octanol–water partition coefficient (Wildman–Crippen LogP) is 4.46. The largest absolute Gasteiger partial charge is 0.573 e. The highest BCUT2D eigenvalue weighted by molar-refractivity contribution is 5.68. The minimum atomic E-state index is -4.76. The molecule has 108 valence electrons. The van der Waals surface area contributed by atoms with Gasteiger partial charge in [-0.1, -0.05) is 18.2 Å². The Balaban J connectivity index is 2.35. The lowest BCUT2D eigenvalue weighted by Crippen LogP contribution is -2.16. The fraction of sp³-hybridized carbons (Fsp3) is 0.133. The van der Waals surface area contributed by atoms with Gasteiger partial charge in [-0.05, 0) is 41.0 Å². The molecule has 2 aromatic rings. The van der Waals surface area contributed by atoms with E-state index in [0.717, 1.165) is 12.1 Å². The molecule has 0 saturated carbocycles. The number of halogens is 4. The van der Waals surface area contributed by atoms with Crippen LogP contribution in [0.3, 0.4) is 0 Å². The SMILES string of the molecule is N#CCc1ccc(F)cc1-c1ccc(OC(F)(F)F)cc1. The van der Waals surface area contributed by atoms with Crippen molar-refractivity contribution in [3.8, 4) is 22.9 Å². The van der Waals surface area contributed by atoms with E-state index >= 15 is 0 Å². The zero-order chi connectivity index (χ0) is 15.5. The second kappa shape index (κ2) is 5.83. The number of nitrogens with zero attached hydrogens (tertiary/aromatic N) is 1. The molecule has 0 fully saturated rings. The van der Waals surface area contributed by atoms with Gasteiger partial charge in [-0.25, -0.2) is 4.39 Å². The Morgan fingerprint density at radius 3 is 2.29 bits per heavy atom. The van der Waals surface area contributed by atoms with Gasteiger partial charge in [0.1, 0.15) is 11.6 Å². The molecule has 0 N–H and O–H groups in total. The first-order valence-corrected chi connectivity index (χ1v) is 5.90. The fourth-order valence-corrected chi connectivity index (χ4v) is 1.89. The van der Waals surface area contributed by atoms with E-state index in [-0.39, 0.29) is 12.2 Å². The van der Waals surface area contributed by atoms with Gasteiger partial charge in [-0.3, -0.25) is 0 Å². The molecule has 0 atom stereocenters. The predicted molar refractivity (Wildman–Crippen MR) is 67.8 cm³/mol. The van der Waals surface area contributed by atoms with Crippen molar-refractivity contribution in [2.75, 3.05) is 0 Å². The van der Waals surface area contributed by atoms with Gasteiger partial charge in [0.05, 0.1) is 12.5 Å². The van der Waals surface area contributed by atoms with Crippen molar-refractivity contribution in [3.63, 3.8) is 0 Å². The van der Waals surface area contributed by atoms with Gasteiger partial charge in [0.2, 0.25) is 0 Å². The zero-order valence-corrected chi connectivity index (χ0v) is 10.6. The van der Waals surface area contributed by atoms with Crippen molar-refractivity contribution in [1.29, 1.82) is 5.26 Å². The van der Waals surface area contributed by atoms with E-state index < -0.39 is 12.2 Å². The molecule has 21 heavy (non-hydrogen) atoms. The number of alkyl halides is 3. The lowest BCUT2D eigenvalue weighted by molar-refractivity contribution is -0.274. The summed E-state index contributed by atoms with van der Waals surface area (Å²) in [6.45, 7) is 0. The highest BCUT2D eigenvalue weighted by Gasteiger charge is 2.30. The maximum Gasteiger partial charge on any atom is 0.573 e. The van der Waals surface area contributed by atoms with Gasteiger partial charge >= 0.3 is 6.36 Å². The molecule has 0 spiro atoms. The van der Waals surface area contributed by atoms with Gasteiger partial charge in [-0.15, -0.1) is 13.2 Å². The molecule has 0 aliphatic rings. The van der Waals surface area contributed by atoms with Crippen molar-refractivity contribution < 1.29 is 22.3 Å². The molecule has 0 aromatic heterocycles. The monoisotopic (exact) mass is 295 g/mol. The van der Waals surface area contributed by atoms with E-state index in [1.165, 1.54) is 30.3 Å². The van der Waals surface area contributed by atoms with Crippen molar-refractivity contribution in [2.45, 2.75) is 12.8 Å². The molecule has 0 heterocycles. The average Bonchev–Trinajstić information content (AvgIpc) is 2.40. The highest BCUT2D eigenvalue weighted by atomic mass is 19.4. The Hall–Kier alpha value is -2.55. The smallest absolute Gasteiger partial charge is 0.406 e. The highest BCUT2D eigenvalue weighted by Crippen LogP contribution is 2.29. The van der Waals surface area contributed by atoms with Crippen LogP contribution >= 0.6 is 0 Å². The normalized spacial score (nSPS) is 11.0. The number of hydrogen-bond acceptors (Lipinski definition) is 2. The molecule has 0 radical (unpaired) electrons. The van der Waals surface area contributed by atoms with Crippen LogP contribution in [-0.4, -0.2) is 6.36 Å². The van der Waals surface area contributed by atoms with Gasteiger partial charge in [0, 0.05) is 0 Å². The second-order valence-electron chi connectivity index (χ2n) is 4.21. The Bertz CT molecular complexity index is 672. The molecule has 0 bridgehead atoms. The summed E-state index contributed by atoms with van der Waals surface area (Å²) in [6.07, 6.45) is -4.68. The van der Waals surface area contributed by atoms with Crippen LogP contribution < -0.4 is 4.74 Å². The summed E-state index contributed by atoms with van der Waals surface area (Å²) in [6, 6.07) is 11.0. The molecule has 2 rings (SSSR count). The van der Waals surface area contributed by atoms with Crippen molar-refractivity contribution in [3.05, 3.63) is 53.8 Å². The van der Waals surface area contributed by atoms with Gasteiger partial charge in [-0.2, -0.15) is 5.26 Å². The molecule has 0 aliphatic carbocycles. The maximum atomic E-state index is 13.3. The van der Waals surface area contributed by atoms with Crippen LogP contribution in [0.4, 0.5) is 17.6 Å². The Kier molecular flexibility index (Phi) is 4.13. The Morgan fingerprint density at radius 2 is 1.71 bits per heavy atom. The zero-order valence-electron chi connectivity index (χ0n) is 10.6. The van der Waals surface area contributed by atoms with E-state index in [2.05, 4.69) is 4.74 Å². The van der Waals surface area contributed by atoms with Crippen molar-refractivity contribution in [2.24, 2.45) is 0 Å². The quantitative estimate of drug-likeness (QED) is 0.783. The number of hydrogen-bond donors (Lipinski definition) is 0. The minimum absolute atomic E-state index is 0.0798. The van der Waals surface area contributed by atoms with Crippen molar-refractivity contribution in [1.82, 2.24) is 0 Å². The van der Waals surface area contributed by atoms with E-state index in [0.29, 0.717) is 16.7 Å². The summed E-state index contributed by atoms with van der Waals surface area (Å²) in [5.74, 6) is -0.841. The standard InChI is InChI=1S/C15H9F4NO/c16-12-4-1-11(7-8-20)14(9-12)10-2-5-13(6-3-10)21-15(17,18)19/h1-6,9H,7H2. The topological polar surface area (TPSA) is 33.0 Å². The molecule has 2 aromatic carbocycles. The third-order valence-corrected chi connectivity index (χ3v) is 2.74. The summed E-state index contributed by atoms with van der Waals surface area (Å²) in [5.41, 5.74) is 1.58. The fourth-order valence-electron chi connectivity index (χ4n) is 1.89. The molecule has 0 unspecified atom stereocenters. The summed E-state index contributed by atoms with van der Waals surface area (Å²) in [4.78, 5) is 0. The molecular weight excluding hydrogens is 286 g/mol. The summed E-state index contributed by atoms with van der Waals surface area (Å²) in [7, 11) is 0. The van der Waals surface area contributed by atoms with E-state index in [9.17, 15) is 17.6 Å². The minimum Gasteiger partial charge on any atom is -0.406 e. The average molecular weight is 295 g/mol. The first-order chi connectivity index (χ1) is 9.89. The van der Waals surface area contributed by atoms with Crippen LogP contribution in [0, 0.1) is 17.1 Å². The molecule has 0 amide bonds. The van der Waals surface area contributed by atoms with Crippen LogP contribution in [0.1, 0.15) is 5.56 Å². The van der Waals surface area contributed by atoms with Crippen LogP contribution in [-0.2, 0) is 6.42 Å². The third-order valence-electron chi connectivity index (χ3n) is 2.74. The summed E-state index contributed by atoms with van der Waals surface area (Å²) in [5, 5.41) is 8.74. The van der Waals surface area contributed by atoms with E-state index in [1.54, 1.807) is 0 Å². The second-order valence-corrected chi connectivity index (χ2v) is 4.21. The number of benzene rings is 2. The molecule has 0 saturated heterocycles. The maximum absolute atomic E-state index is 13.3. The Morgan fingerprint density at radius 1 is 1.05 bits per heavy atom. The molecule has 2 nitrogen and oxygen atoms in total. The first kappa shape index (κ1) is 14.9. The Labute approximate surface area is 118 Å². The number of ether oxygens (including phenoxy) is 1. The lowest BCUT2D eigenvalue weighted by atomic mass is 9.98. The number of nitriles is 1. The van der Waals surface area contributed by atoms with E-state index in [4.69, 9.17) is 5.26 Å². The van der Waals surface area contributed by atoms with Gasteiger partial charge in [0.15, 0.2) is 0 Å². The van der Waals surface area contributed by atoms with Crippen LogP contribution in [0.5, 0.6) is 5.75 Å². The van der Waals surface area contributed by atoms with Gasteiger partial charge in [0.25, 0.3) is 0 Å². The summed E-state index contributed by atoms with van der Waals surface area (Å²) >= 11 is 0. The molecular formula is C15H9F4NO. The van der Waals surface area contributed by atoms with Crippen LogP contribution in [0.25, 0.3) is 11.1 Å². The van der Waals surface area contributed by atoms with E-state index in [1.807, 2.05) is 6.07 Å². The van der Waals surface area contributed by atoms with Crippen LogP contribution in [0.2, 0.25) is 0 Å². The van der Waals surface area contributed by atoms with Crippen molar-refractivity contribution >= 4 is 0 Å². The first-order valence-electron chi connectivity index (χ1n) is 5.90. The summed E-state index contributed by atoms with van der Waals surface area (Å²) < 4.78 is 53.3. The third kappa shape index (κ3) is 3.96. The van der Waals surface area contributed by atoms with Crippen LogP contribution in [0.15, 0.2) is 42.5 Å².